The Morgan fingerprint density at radius 3 is 2.39 bits per heavy atom. The Labute approximate surface area is 214 Å². The lowest BCUT2D eigenvalue weighted by Crippen LogP contribution is -2.24. The molecular weight excluding hydrogens is 479 g/mol. The summed E-state index contributed by atoms with van der Waals surface area (Å²) in [5, 5.41) is 0.339. The second-order valence-corrected chi connectivity index (χ2v) is 10.2. The lowest BCUT2D eigenvalue weighted by Gasteiger charge is -2.19. The van der Waals surface area contributed by atoms with Gasteiger partial charge in [-0.15, -0.1) is 0 Å². The molecule has 0 fully saturated rings. The third-order valence-electron chi connectivity index (χ3n) is 5.85. The molecule has 0 aliphatic rings. The Bertz CT molecular complexity index is 1490. The Balaban J connectivity index is 1.75. The van der Waals surface area contributed by atoms with Crippen LogP contribution in [0.25, 0.3) is 17.1 Å². The van der Waals surface area contributed by atoms with Crippen LogP contribution < -0.4 is 10.3 Å². The molecule has 186 valence electrons. The van der Waals surface area contributed by atoms with E-state index in [1.165, 1.54) is 18.3 Å². The number of hydrogen-bond acceptors (Lipinski definition) is 5. The highest BCUT2D eigenvalue weighted by molar-refractivity contribution is 6.32. The number of halogens is 2. The molecule has 0 unspecified atom stereocenters. The monoisotopic (exact) mass is 506 g/mol. The molecule has 36 heavy (non-hydrogen) atoms. The molecule has 0 radical (unpaired) electrons. The number of hydrogen-bond donors (Lipinski definition) is 0. The Morgan fingerprint density at radius 2 is 1.72 bits per heavy atom. The molecule has 0 saturated carbocycles. The minimum atomic E-state index is -0.311. The van der Waals surface area contributed by atoms with Gasteiger partial charge in [-0.25, -0.2) is 14.4 Å². The van der Waals surface area contributed by atoms with Gasteiger partial charge in [0.25, 0.3) is 5.56 Å². The minimum absolute atomic E-state index is 0.216. The molecule has 0 atom stereocenters. The van der Waals surface area contributed by atoms with Gasteiger partial charge in [-0.2, -0.15) is 0 Å². The number of ether oxygens (including phenoxy) is 1. The average molecular weight is 507 g/mol. The van der Waals surface area contributed by atoms with Crippen LogP contribution in [0.15, 0.2) is 53.6 Å². The summed E-state index contributed by atoms with van der Waals surface area (Å²) < 4.78 is 20.6. The summed E-state index contributed by atoms with van der Waals surface area (Å²) in [6.45, 7) is 11.8. The topological polar surface area (TPSA) is 69.9 Å². The molecule has 6 nitrogen and oxygen atoms in total. The van der Waals surface area contributed by atoms with Gasteiger partial charge in [-0.1, -0.05) is 44.5 Å². The van der Waals surface area contributed by atoms with E-state index >= 15 is 0 Å². The van der Waals surface area contributed by atoms with Gasteiger partial charge in [-0.3, -0.25) is 14.3 Å². The van der Waals surface area contributed by atoms with Gasteiger partial charge in [0.15, 0.2) is 0 Å². The number of aromatic nitrogens is 4. The van der Waals surface area contributed by atoms with Gasteiger partial charge in [0, 0.05) is 29.6 Å². The van der Waals surface area contributed by atoms with Crippen LogP contribution in [0.2, 0.25) is 5.02 Å². The van der Waals surface area contributed by atoms with Crippen molar-refractivity contribution < 1.29 is 9.13 Å². The quantitative estimate of drug-likeness (QED) is 0.318. The van der Waals surface area contributed by atoms with E-state index in [-0.39, 0.29) is 23.4 Å². The summed E-state index contributed by atoms with van der Waals surface area (Å²) in [4.78, 5) is 27.2. The van der Waals surface area contributed by atoms with E-state index in [1.807, 2.05) is 34.6 Å². The summed E-state index contributed by atoms with van der Waals surface area (Å²) >= 11 is 6.54. The number of pyridine rings is 2. The van der Waals surface area contributed by atoms with Crippen molar-refractivity contribution in [3.63, 3.8) is 0 Å². The number of aryl methyl sites for hydroxylation is 2. The van der Waals surface area contributed by atoms with Crippen molar-refractivity contribution in [2.45, 2.75) is 53.6 Å². The van der Waals surface area contributed by atoms with E-state index in [9.17, 15) is 9.18 Å². The van der Waals surface area contributed by atoms with Crippen LogP contribution in [0.4, 0.5) is 4.39 Å². The van der Waals surface area contributed by atoms with E-state index < -0.39 is 0 Å². The van der Waals surface area contributed by atoms with Gasteiger partial charge < -0.3 is 4.74 Å². The molecular formula is C28H28ClFN4O2. The van der Waals surface area contributed by atoms with Crippen LogP contribution in [0.1, 0.15) is 49.0 Å². The molecule has 0 saturated heterocycles. The molecule has 0 bridgehead atoms. The molecule has 3 aromatic heterocycles. The first-order valence-corrected chi connectivity index (χ1v) is 11.9. The normalized spacial score (nSPS) is 11.6. The average Bonchev–Trinajstić information content (AvgIpc) is 2.82. The molecule has 3 heterocycles. The van der Waals surface area contributed by atoms with Crippen LogP contribution >= 0.6 is 11.6 Å². The van der Waals surface area contributed by atoms with Gasteiger partial charge >= 0.3 is 0 Å². The Morgan fingerprint density at radius 1 is 1.03 bits per heavy atom. The molecule has 0 N–H and O–H groups in total. The predicted molar refractivity (Wildman–Crippen MR) is 140 cm³/mol. The maximum atomic E-state index is 13.4. The molecule has 1 aromatic carbocycles. The largest absolute Gasteiger partial charge is 0.488 e. The summed E-state index contributed by atoms with van der Waals surface area (Å²) in [7, 11) is 0. The van der Waals surface area contributed by atoms with Crippen LogP contribution in [-0.2, 0) is 12.0 Å². The van der Waals surface area contributed by atoms with Crippen molar-refractivity contribution in [1.29, 1.82) is 0 Å². The highest BCUT2D eigenvalue weighted by atomic mass is 35.5. The predicted octanol–water partition coefficient (Wildman–Crippen LogP) is 6.28. The summed E-state index contributed by atoms with van der Waals surface area (Å²) in [5.41, 5.74) is 4.06. The molecule has 0 amide bonds. The van der Waals surface area contributed by atoms with E-state index in [2.05, 4.69) is 9.97 Å². The van der Waals surface area contributed by atoms with Crippen LogP contribution in [-0.4, -0.2) is 19.5 Å². The summed E-state index contributed by atoms with van der Waals surface area (Å²) in [6.07, 6.45) is 3.32. The minimum Gasteiger partial charge on any atom is -0.488 e. The Kier molecular flexibility index (Phi) is 6.96. The zero-order valence-corrected chi connectivity index (χ0v) is 21.9. The third kappa shape index (κ3) is 5.16. The fraction of sp³-hybridized carbons (Fsp3) is 0.286. The van der Waals surface area contributed by atoms with E-state index in [0.29, 0.717) is 44.9 Å². The number of benzene rings is 1. The first kappa shape index (κ1) is 25.5. The molecule has 0 aliphatic carbocycles. The standard InChI is InChI=1S/C28H28ClFN4O2/c1-16-13-32-27(28(4,5)6)33-25(16)22-12-23(21(29)14-31-22)34-17(2)11-24(18(3)26(34)35)36-15-19-7-9-20(30)10-8-19/h7-14H,15H2,1-6H3. The zero-order valence-electron chi connectivity index (χ0n) is 21.2. The van der Waals surface area contributed by atoms with Gasteiger partial charge in [0.2, 0.25) is 0 Å². The second kappa shape index (κ2) is 9.82. The van der Waals surface area contributed by atoms with E-state index in [4.69, 9.17) is 21.3 Å². The number of rotatable bonds is 5. The van der Waals surface area contributed by atoms with Crippen molar-refractivity contribution in [3.05, 3.63) is 98.2 Å². The van der Waals surface area contributed by atoms with Crippen LogP contribution in [0, 0.1) is 26.6 Å². The van der Waals surface area contributed by atoms with Gasteiger partial charge in [0.1, 0.15) is 24.0 Å². The van der Waals surface area contributed by atoms with E-state index in [1.54, 1.807) is 42.0 Å². The van der Waals surface area contributed by atoms with Crippen LogP contribution in [0.3, 0.4) is 0 Å². The van der Waals surface area contributed by atoms with Crippen LogP contribution in [0.5, 0.6) is 5.75 Å². The first-order chi connectivity index (χ1) is 17.0. The summed E-state index contributed by atoms with van der Waals surface area (Å²) in [5.74, 6) is 0.854. The van der Waals surface area contributed by atoms with Gasteiger partial charge in [0.05, 0.1) is 27.7 Å². The third-order valence-corrected chi connectivity index (χ3v) is 6.15. The first-order valence-electron chi connectivity index (χ1n) is 11.6. The van der Waals surface area contributed by atoms with E-state index in [0.717, 1.165) is 11.1 Å². The maximum Gasteiger partial charge on any atom is 0.261 e. The fourth-order valence-electron chi connectivity index (χ4n) is 3.78. The molecule has 0 spiro atoms. The smallest absolute Gasteiger partial charge is 0.261 e. The highest BCUT2D eigenvalue weighted by Gasteiger charge is 2.21. The maximum absolute atomic E-state index is 13.4. The summed E-state index contributed by atoms with van der Waals surface area (Å²) in [6, 6.07) is 9.62. The number of nitrogens with zero attached hydrogens (tertiary/aromatic N) is 4. The molecule has 4 rings (SSSR count). The molecule has 8 heteroatoms. The molecule has 0 aliphatic heterocycles. The Hall–Kier alpha value is -3.58. The second-order valence-electron chi connectivity index (χ2n) is 9.83. The van der Waals surface area contributed by atoms with Crippen molar-refractivity contribution in [1.82, 2.24) is 19.5 Å². The SMILES string of the molecule is Cc1cnc(C(C)(C)C)nc1-c1cc(-n2c(C)cc(OCc3ccc(F)cc3)c(C)c2=O)c(Cl)cn1. The zero-order chi connectivity index (χ0) is 26.2. The fourth-order valence-corrected chi connectivity index (χ4v) is 3.97. The lowest BCUT2D eigenvalue weighted by atomic mass is 9.95. The lowest BCUT2D eigenvalue weighted by molar-refractivity contribution is 0.302. The molecule has 4 aromatic rings. The van der Waals surface area contributed by atoms with Crippen molar-refractivity contribution >= 4 is 11.6 Å². The van der Waals surface area contributed by atoms with Gasteiger partial charge in [-0.05, 0) is 50.1 Å². The highest BCUT2D eigenvalue weighted by Crippen LogP contribution is 2.29. The van der Waals surface area contributed by atoms with Crippen molar-refractivity contribution in [3.8, 4) is 22.8 Å². The van der Waals surface area contributed by atoms with Crippen molar-refractivity contribution in [2.24, 2.45) is 0 Å². The van der Waals surface area contributed by atoms with Crippen molar-refractivity contribution in [2.75, 3.05) is 0 Å².